The SMILES string of the molecule is CC(C)c1cc(N2C(=S)N(c3cnc(C#N)c(C(F)(F)F)c3)C(=O)C23CCC3)ccc1OCCN1C[C@@H](C)N(CC(=O)Nc2cc(F)cc(NC3CCC(=O)NC3=O)c2)[C@@H](C)C1. The van der Waals surface area contributed by atoms with Gasteiger partial charge in [0.15, 0.2) is 10.8 Å². The minimum Gasteiger partial charge on any atom is -0.492 e. The molecule has 1 spiro atoms. The van der Waals surface area contributed by atoms with Gasteiger partial charge < -0.3 is 20.3 Å². The van der Waals surface area contributed by atoms with Crippen molar-refractivity contribution in [2.45, 2.75) is 95.6 Å². The Balaban J connectivity index is 0.963. The summed E-state index contributed by atoms with van der Waals surface area (Å²) in [5, 5.41) is 17.3. The number of alkyl halides is 3. The number of aromatic nitrogens is 1. The molecule has 3 aliphatic heterocycles. The summed E-state index contributed by atoms with van der Waals surface area (Å²) >= 11 is 5.81. The molecule has 2 aromatic carbocycles. The molecule has 1 unspecified atom stereocenters. The summed E-state index contributed by atoms with van der Waals surface area (Å²) in [6.45, 7) is 10.4. The topological polar surface area (TPSA) is 163 Å². The molecule has 3 atom stereocenters. The van der Waals surface area contributed by atoms with Crippen LogP contribution in [0.3, 0.4) is 0 Å². The highest BCUT2D eigenvalue weighted by Gasteiger charge is 2.60. The van der Waals surface area contributed by atoms with Crippen LogP contribution in [0.1, 0.15) is 82.5 Å². The summed E-state index contributed by atoms with van der Waals surface area (Å²) in [6, 6.07) is 11.0. The van der Waals surface area contributed by atoms with E-state index in [2.05, 4.69) is 30.7 Å². The van der Waals surface area contributed by atoms with E-state index < -0.39 is 46.6 Å². The largest absolute Gasteiger partial charge is 0.492 e. The van der Waals surface area contributed by atoms with E-state index in [9.17, 15) is 42.0 Å². The molecule has 4 fully saturated rings. The molecule has 4 amide bonds. The molecule has 3 aromatic rings. The van der Waals surface area contributed by atoms with Gasteiger partial charge in [-0.25, -0.2) is 9.37 Å². The predicted octanol–water partition coefficient (Wildman–Crippen LogP) is 5.92. The van der Waals surface area contributed by atoms with E-state index in [1.165, 1.54) is 18.2 Å². The minimum absolute atomic E-state index is 0.00205. The first kappa shape index (κ1) is 44.3. The molecule has 4 aliphatic rings. The van der Waals surface area contributed by atoms with Crippen LogP contribution in [0.4, 0.5) is 40.3 Å². The Morgan fingerprint density at radius 2 is 1.77 bits per heavy atom. The fraction of sp³-hybridized carbons (Fsp3) is 0.465. The van der Waals surface area contributed by atoms with Gasteiger partial charge >= 0.3 is 6.18 Å². The van der Waals surface area contributed by atoms with E-state index in [0.717, 1.165) is 29.1 Å². The molecule has 1 saturated carbocycles. The lowest BCUT2D eigenvalue weighted by Crippen LogP contribution is -2.58. The number of ether oxygens (including phenoxy) is 1. The fourth-order valence-corrected chi connectivity index (χ4v) is 9.20. The number of nitrogens with zero attached hydrogens (tertiary/aromatic N) is 6. The Hall–Kier alpha value is -5.71. The van der Waals surface area contributed by atoms with Gasteiger partial charge in [0.1, 0.15) is 35.8 Å². The Kier molecular flexibility index (Phi) is 12.6. The van der Waals surface area contributed by atoms with Crippen LogP contribution in [0.5, 0.6) is 5.75 Å². The summed E-state index contributed by atoms with van der Waals surface area (Å²) in [7, 11) is 0. The highest BCUT2D eigenvalue weighted by Crippen LogP contribution is 2.49. The predicted molar refractivity (Wildman–Crippen MR) is 226 cm³/mol. The third-order valence-corrected chi connectivity index (χ3v) is 12.3. The number of halogens is 4. The first-order valence-electron chi connectivity index (χ1n) is 20.5. The van der Waals surface area contributed by atoms with Crippen LogP contribution in [0.25, 0.3) is 0 Å². The Morgan fingerprint density at radius 1 is 1.06 bits per heavy atom. The molecule has 3 N–H and O–H groups in total. The number of hydrogen-bond donors (Lipinski definition) is 3. The molecule has 62 heavy (non-hydrogen) atoms. The molecule has 1 aliphatic carbocycles. The summed E-state index contributed by atoms with van der Waals surface area (Å²) in [4.78, 5) is 61.8. The normalized spacial score (nSPS) is 21.8. The number of carbonyl (C=O) groups is 4. The van der Waals surface area contributed by atoms with Gasteiger partial charge in [-0.3, -0.25) is 39.2 Å². The maximum absolute atomic E-state index is 14.5. The smallest absolute Gasteiger partial charge is 0.419 e. The molecule has 3 saturated heterocycles. The molecular formula is C43H47F4N9O5S. The average molecular weight is 878 g/mol. The number of anilines is 4. The van der Waals surface area contributed by atoms with Crippen molar-refractivity contribution in [2.24, 2.45) is 0 Å². The summed E-state index contributed by atoms with van der Waals surface area (Å²) in [6.07, 6.45) is -1.70. The summed E-state index contributed by atoms with van der Waals surface area (Å²) in [5.41, 5.74) is -1.23. The van der Waals surface area contributed by atoms with Crippen LogP contribution in [-0.2, 0) is 25.4 Å². The number of pyridine rings is 1. The van der Waals surface area contributed by atoms with Gasteiger partial charge in [-0.05, 0) is 106 Å². The van der Waals surface area contributed by atoms with Gasteiger partial charge in [0.05, 0.1) is 24.0 Å². The lowest BCUT2D eigenvalue weighted by molar-refractivity contribution is -0.138. The molecule has 0 bridgehead atoms. The zero-order valence-electron chi connectivity index (χ0n) is 34.6. The molecular weight excluding hydrogens is 831 g/mol. The maximum atomic E-state index is 14.5. The van der Waals surface area contributed by atoms with E-state index in [1.807, 2.05) is 39.8 Å². The second-order valence-electron chi connectivity index (χ2n) is 16.6. The molecule has 4 heterocycles. The number of nitrogens with one attached hydrogen (secondary N) is 3. The Labute approximate surface area is 361 Å². The van der Waals surface area contributed by atoms with Gasteiger partial charge in [-0.15, -0.1) is 0 Å². The molecule has 19 heteroatoms. The molecule has 1 aromatic heterocycles. The van der Waals surface area contributed by atoms with E-state index >= 15 is 0 Å². The van der Waals surface area contributed by atoms with E-state index in [4.69, 9.17) is 17.0 Å². The van der Waals surface area contributed by atoms with Crippen LogP contribution >= 0.6 is 12.2 Å². The van der Waals surface area contributed by atoms with Crippen molar-refractivity contribution in [1.82, 2.24) is 20.1 Å². The third kappa shape index (κ3) is 8.94. The number of thiocarbonyl (C=S) groups is 1. The van der Waals surface area contributed by atoms with Crippen molar-refractivity contribution >= 4 is 63.7 Å². The lowest BCUT2D eigenvalue weighted by Gasteiger charge is -2.44. The summed E-state index contributed by atoms with van der Waals surface area (Å²) < 4.78 is 62.5. The molecule has 328 valence electrons. The number of piperidine rings is 1. The van der Waals surface area contributed by atoms with Crippen molar-refractivity contribution in [1.29, 1.82) is 5.26 Å². The zero-order valence-corrected chi connectivity index (χ0v) is 35.5. The van der Waals surface area contributed by atoms with Gasteiger partial charge in [0.2, 0.25) is 17.7 Å². The van der Waals surface area contributed by atoms with Gasteiger partial charge in [0.25, 0.3) is 5.91 Å². The number of piperazine rings is 1. The quantitative estimate of drug-likeness (QED) is 0.112. The highest BCUT2D eigenvalue weighted by molar-refractivity contribution is 7.81. The van der Waals surface area contributed by atoms with E-state index in [1.54, 1.807) is 17.0 Å². The number of carbonyl (C=O) groups excluding carboxylic acids is 4. The van der Waals surface area contributed by atoms with Gasteiger partial charge in [-0.1, -0.05) is 13.8 Å². The average Bonchev–Trinajstić information content (AvgIpc) is 3.42. The first-order chi connectivity index (χ1) is 29.4. The second kappa shape index (κ2) is 17.6. The Morgan fingerprint density at radius 3 is 2.40 bits per heavy atom. The number of imide groups is 1. The molecule has 0 radical (unpaired) electrons. The summed E-state index contributed by atoms with van der Waals surface area (Å²) in [5.74, 6) is -1.56. The zero-order chi connectivity index (χ0) is 44.7. The Bertz CT molecular complexity index is 2320. The standard InChI is InChI=1S/C43H47F4N9O5S/c1-24(2)32-17-30(56-41(62)55(40(60)42(56)10-5-11-42)31-18-33(43(45,46)47)35(19-48)49-20-31)6-8-36(32)61-13-12-53-21-25(3)54(26(4)22-53)23-38(58)51-29-15-27(44)14-28(16-29)50-34-7-9-37(57)52-39(34)59/h6,8,14-18,20,24-26,34,50H,5,7,9-13,21-23H2,1-4H3,(H,51,58)(H,52,57,59)/t25-,26+,34?. The molecule has 14 nitrogen and oxygen atoms in total. The van der Waals surface area contributed by atoms with Crippen LogP contribution < -0.4 is 30.5 Å². The van der Waals surface area contributed by atoms with Crippen molar-refractivity contribution in [2.75, 3.05) is 53.2 Å². The lowest BCUT2D eigenvalue weighted by atomic mass is 9.75. The van der Waals surface area contributed by atoms with E-state index in [-0.39, 0.29) is 65.7 Å². The van der Waals surface area contributed by atoms with Crippen LogP contribution in [0.15, 0.2) is 48.7 Å². The van der Waals surface area contributed by atoms with Crippen LogP contribution in [0, 0.1) is 17.1 Å². The number of nitriles is 1. The number of rotatable bonds is 12. The first-order valence-corrected chi connectivity index (χ1v) is 20.9. The highest BCUT2D eigenvalue weighted by atomic mass is 32.1. The van der Waals surface area contributed by atoms with Crippen molar-refractivity contribution in [3.8, 4) is 11.8 Å². The van der Waals surface area contributed by atoms with Crippen LogP contribution in [0.2, 0.25) is 0 Å². The fourth-order valence-electron chi connectivity index (χ4n) is 8.74. The van der Waals surface area contributed by atoms with Gasteiger partial charge in [-0.2, -0.15) is 18.4 Å². The number of amides is 4. The van der Waals surface area contributed by atoms with Crippen LogP contribution in [-0.4, -0.2) is 100.0 Å². The van der Waals surface area contributed by atoms with Crippen molar-refractivity contribution < 1.29 is 41.5 Å². The third-order valence-electron chi connectivity index (χ3n) is 11.9. The second-order valence-corrected chi connectivity index (χ2v) is 17.0. The monoisotopic (exact) mass is 877 g/mol. The number of hydrogen-bond acceptors (Lipinski definition) is 11. The minimum atomic E-state index is -4.86. The van der Waals surface area contributed by atoms with Crippen molar-refractivity contribution in [3.63, 3.8) is 0 Å². The molecule has 7 rings (SSSR count). The number of benzene rings is 2. The van der Waals surface area contributed by atoms with Crippen molar-refractivity contribution in [3.05, 3.63) is 71.3 Å². The van der Waals surface area contributed by atoms with Gasteiger partial charge in [0, 0.05) is 55.2 Å². The van der Waals surface area contributed by atoms with E-state index in [0.29, 0.717) is 56.2 Å². The maximum Gasteiger partial charge on any atom is 0.419 e.